The van der Waals surface area contributed by atoms with Gasteiger partial charge in [0.05, 0.1) is 39.1 Å². The van der Waals surface area contributed by atoms with E-state index < -0.39 is 0 Å². The lowest BCUT2D eigenvalue weighted by Gasteiger charge is -2.08. The van der Waals surface area contributed by atoms with Gasteiger partial charge in [-0.05, 0) is 24.3 Å². The van der Waals surface area contributed by atoms with E-state index in [0.717, 1.165) is 5.01 Å². The van der Waals surface area contributed by atoms with Crippen LogP contribution in [0.5, 0.6) is 0 Å². The van der Waals surface area contributed by atoms with Gasteiger partial charge in [0.15, 0.2) is 10.8 Å². The number of nitrogens with one attached hydrogen (secondary N) is 1. The lowest BCUT2D eigenvalue weighted by Crippen LogP contribution is -2.15. The zero-order valence-electron chi connectivity index (χ0n) is 11.5. The molecule has 3 aromatic rings. The zero-order valence-corrected chi connectivity index (χ0v) is 14.6. The van der Waals surface area contributed by atoms with Crippen LogP contribution in [0.15, 0.2) is 40.3 Å². The van der Waals surface area contributed by atoms with Crippen LogP contribution in [-0.2, 0) is 11.2 Å². The highest BCUT2D eigenvalue weighted by Gasteiger charge is 2.13. The van der Waals surface area contributed by atoms with Crippen molar-refractivity contribution in [1.29, 1.82) is 0 Å². The average Bonchev–Trinajstić information content (AvgIpc) is 3.15. The summed E-state index contributed by atoms with van der Waals surface area (Å²) < 4.78 is 5.28. The quantitative estimate of drug-likeness (QED) is 0.598. The highest BCUT2D eigenvalue weighted by Crippen LogP contribution is 2.32. The van der Waals surface area contributed by atoms with Crippen LogP contribution < -0.4 is 5.32 Å². The van der Waals surface area contributed by atoms with Crippen molar-refractivity contribution in [1.82, 2.24) is 4.98 Å². The molecule has 0 aliphatic heterocycles. The van der Waals surface area contributed by atoms with Gasteiger partial charge in [-0.25, -0.2) is 4.98 Å². The molecule has 1 aromatic carbocycles. The molecule has 0 unspecified atom stereocenters. The molecule has 0 fully saturated rings. The highest BCUT2D eigenvalue weighted by molar-refractivity contribution is 7.13. The summed E-state index contributed by atoms with van der Waals surface area (Å²) >= 11 is 19.2. The molecule has 118 valence electrons. The third kappa shape index (κ3) is 3.87. The molecule has 1 N–H and O–H groups in total. The molecule has 23 heavy (non-hydrogen) atoms. The minimum Gasteiger partial charge on any atom is -0.462 e. The van der Waals surface area contributed by atoms with Crippen LogP contribution in [0.1, 0.15) is 5.69 Å². The van der Waals surface area contributed by atoms with Crippen LogP contribution in [0.25, 0.3) is 10.8 Å². The SMILES string of the molecule is O=C(Cc1csc(-c2ccco2)n1)Nc1cc(Cl)c(Cl)cc1Cl. The van der Waals surface area contributed by atoms with Gasteiger partial charge < -0.3 is 9.73 Å². The topological polar surface area (TPSA) is 55.1 Å². The average molecular weight is 388 g/mol. The van der Waals surface area contributed by atoms with Crippen molar-refractivity contribution in [3.8, 4) is 10.8 Å². The van der Waals surface area contributed by atoms with Crippen molar-refractivity contribution in [2.75, 3.05) is 5.32 Å². The first-order valence-corrected chi connectivity index (χ1v) is 8.47. The molecular formula is C15H9Cl3N2O2S. The Labute approximate surface area is 151 Å². The third-order valence-corrected chi connectivity index (χ3v) is 4.85. The number of hydrogen-bond donors (Lipinski definition) is 1. The molecule has 4 nitrogen and oxygen atoms in total. The van der Waals surface area contributed by atoms with Crippen molar-refractivity contribution in [2.24, 2.45) is 0 Å². The number of carbonyl (C=O) groups is 1. The summed E-state index contributed by atoms with van der Waals surface area (Å²) in [6.07, 6.45) is 1.70. The minimum absolute atomic E-state index is 0.119. The Morgan fingerprint density at radius 2 is 2.00 bits per heavy atom. The molecule has 0 aliphatic rings. The van der Waals surface area contributed by atoms with E-state index in [4.69, 9.17) is 39.2 Å². The van der Waals surface area contributed by atoms with Gasteiger partial charge in [-0.1, -0.05) is 34.8 Å². The Morgan fingerprint density at radius 1 is 1.22 bits per heavy atom. The highest BCUT2D eigenvalue weighted by atomic mass is 35.5. The number of carbonyl (C=O) groups excluding carboxylic acids is 1. The fourth-order valence-corrected chi connectivity index (χ4v) is 3.26. The molecular weight excluding hydrogens is 379 g/mol. The molecule has 8 heteroatoms. The number of anilines is 1. The van der Waals surface area contributed by atoms with Gasteiger partial charge in [0.1, 0.15) is 0 Å². The summed E-state index contributed by atoms with van der Waals surface area (Å²) in [5.74, 6) is 0.427. The summed E-state index contributed by atoms with van der Waals surface area (Å²) in [5.41, 5.74) is 1.06. The van der Waals surface area contributed by atoms with Crippen LogP contribution in [0.4, 0.5) is 5.69 Å². The van der Waals surface area contributed by atoms with E-state index in [0.29, 0.717) is 32.2 Å². The van der Waals surface area contributed by atoms with Gasteiger partial charge in [-0.15, -0.1) is 11.3 Å². The van der Waals surface area contributed by atoms with E-state index in [1.165, 1.54) is 23.5 Å². The van der Waals surface area contributed by atoms with Crippen LogP contribution in [0, 0.1) is 0 Å². The second-order valence-electron chi connectivity index (χ2n) is 4.59. The molecule has 0 bridgehead atoms. The maximum atomic E-state index is 12.1. The summed E-state index contributed by atoms with van der Waals surface area (Å²) in [7, 11) is 0. The van der Waals surface area contributed by atoms with Crippen molar-refractivity contribution < 1.29 is 9.21 Å². The number of benzene rings is 1. The lowest BCUT2D eigenvalue weighted by molar-refractivity contribution is -0.115. The predicted molar refractivity (Wildman–Crippen MR) is 93.6 cm³/mol. The molecule has 2 aromatic heterocycles. The number of thiazole rings is 1. The van der Waals surface area contributed by atoms with E-state index >= 15 is 0 Å². The van der Waals surface area contributed by atoms with Crippen molar-refractivity contribution in [3.63, 3.8) is 0 Å². The largest absolute Gasteiger partial charge is 0.462 e. The Bertz CT molecular complexity index is 847. The van der Waals surface area contributed by atoms with E-state index in [9.17, 15) is 4.79 Å². The Kier molecular flexibility index (Phi) is 4.92. The Hall–Kier alpha value is -1.53. The molecule has 0 saturated heterocycles. The molecule has 0 atom stereocenters. The Morgan fingerprint density at radius 3 is 2.74 bits per heavy atom. The summed E-state index contributed by atoms with van der Waals surface area (Å²) in [6.45, 7) is 0. The number of furan rings is 1. The molecule has 1 amide bonds. The second-order valence-corrected chi connectivity index (χ2v) is 6.67. The van der Waals surface area contributed by atoms with E-state index in [1.807, 2.05) is 11.4 Å². The maximum Gasteiger partial charge on any atom is 0.230 e. The fraction of sp³-hybridized carbons (Fsp3) is 0.0667. The van der Waals surface area contributed by atoms with Crippen LogP contribution in [0.3, 0.4) is 0 Å². The Balaban J connectivity index is 1.69. The molecule has 2 heterocycles. The molecule has 0 aliphatic carbocycles. The summed E-state index contributed by atoms with van der Waals surface area (Å²) in [6, 6.07) is 6.60. The van der Waals surface area contributed by atoms with Gasteiger partial charge in [-0.2, -0.15) is 0 Å². The third-order valence-electron chi connectivity index (χ3n) is 2.91. The van der Waals surface area contributed by atoms with Gasteiger partial charge in [0.25, 0.3) is 0 Å². The van der Waals surface area contributed by atoms with Crippen LogP contribution in [0.2, 0.25) is 15.1 Å². The molecule has 0 spiro atoms. The summed E-state index contributed by atoms with van der Waals surface area (Å²) in [4.78, 5) is 16.5. The van der Waals surface area contributed by atoms with Crippen molar-refractivity contribution >= 4 is 57.7 Å². The molecule has 0 radical (unpaired) electrons. The predicted octanol–water partition coefficient (Wildman–Crippen LogP) is 5.54. The molecule has 3 rings (SSSR count). The standard InChI is InChI=1S/C15H9Cl3N2O2S/c16-9-5-11(18)12(6-10(9)17)20-14(21)4-8-7-23-15(19-8)13-2-1-3-22-13/h1-3,5-7H,4H2,(H,20,21). The fourth-order valence-electron chi connectivity index (χ4n) is 1.88. The number of hydrogen-bond acceptors (Lipinski definition) is 4. The maximum absolute atomic E-state index is 12.1. The number of halogens is 3. The number of nitrogens with zero attached hydrogens (tertiary/aromatic N) is 1. The lowest BCUT2D eigenvalue weighted by atomic mass is 10.2. The minimum atomic E-state index is -0.249. The monoisotopic (exact) mass is 386 g/mol. The first-order chi connectivity index (χ1) is 11.0. The van der Waals surface area contributed by atoms with E-state index in [-0.39, 0.29) is 12.3 Å². The number of aromatic nitrogens is 1. The smallest absolute Gasteiger partial charge is 0.230 e. The first-order valence-electron chi connectivity index (χ1n) is 6.45. The van der Waals surface area contributed by atoms with Crippen molar-refractivity contribution in [2.45, 2.75) is 6.42 Å². The number of amides is 1. The second kappa shape index (κ2) is 6.93. The van der Waals surface area contributed by atoms with Crippen LogP contribution >= 0.6 is 46.1 Å². The normalized spacial score (nSPS) is 10.7. The number of rotatable bonds is 4. The van der Waals surface area contributed by atoms with Crippen LogP contribution in [-0.4, -0.2) is 10.9 Å². The van der Waals surface area contributed by atoms with Gasteiger partial charge >= 0.3 is 0 Å². The van der Waals surface area contributed by atoms with E-state index in [2.05, 4.69) is 10.3 Å². The van der Waals surface area contributed by atoms with Crippen molar-refractivity contribution in [3.05, 3.63) is 56.7 Å². The zero-order chi connectivity index (χ0) is 16.4. The summed E-state index contributed by atoms with van der Waals surface area (Å²) in [5, 5.41) is 6.21. The molecule has 0 saturated carbocycles. The van der Waals surface area contributed by atoms with Gasteiger partial charge in [-0.3, -0.25) is 4.79 Å². The van der Waals surface area contributed by atoms with Gasteiger partial charge in [0, 0.05) is 5.38 Å². The van der Waals surface area contributed by atoms with E-state index in [1.54, 1.807) is 12.3 Å². The van der Waals surface area contributed by atoms with Gasteiger partial charge in [0.2, 0.25) is 5.91 Å². The first kappa shape index (κ1) is 16.3.